The molecule has 5 nitrogen and oxygen atoms in total. The number of halogens is 1. The van der Waals surface area contributed by atoms with Crippen molar-refractivity contribution in [3.05, 3.63) is 47.3 Å². The van der Waals surface area contributed by atoms with E-state index in [9.17, 15) is 0 Å². The summed E-state index contributed by atoms with van der Waals surface area (Å²) in [6.07, 6.45) is 3.35. The van der Waals surface area contributed by atoms with E-state index in [0.29, 0.717) is 12.6 Å². The van der Waals surface area contributed by atoms with E-state index in [0.717, 1.165) is 50.6 Å². The van der Waals surface area contributed by atoms with Crippen LogP contribution in [0.1, 0.15) is 25.3 Å². The van der Waals surface area contributed by atoms with Crippen molar-refractivity contribution in [1.29, 1.82) is 0 Å². The van der Waals surface area contributed by atoms with Crippen LogP contribution in [-0.2, 0) is 6.42 Å². The van der Waals surface area contributed by atoms with Crippen LogP contribution >= 0.6 is 35.3 Å². The monoisotopic (exact) mass is 512 g/mol. The van der Waals surface area contributed by atoms with E-state index < -0.39 is 0 Å². The summed E-state index contributed by atoms with van der Waals surface area (Å²) in [4.78, 5) is 7.28. The van der Waals surface area contributed by atoms with Gasteiger partial charge >= 0.3 is 0 Å². The van der Waals surface area contributed by atoms with Gasteiger partial charge in [-0.2, -0.15) is 0 Å². The molecular formula is C21H29IN4OS. The van der Waals surface area contributed by atoms with E-state index in [-0.39, 0.29) is 30.1 Å². The Bertz CT molecular complexity index is 735. The number of nitrogens with zero attached hydrogens (tertiary/aromatic N) is 2. The normalized spacial score (nSPS) is 19.5. The fourth-order valence-corrected chi connectivity index (χ4v) is 4.54. The van der Waals surface area contributed by atoms with Gasteiger partial charge < -0.3 is 20.3 Å². The molecule has 0 amide bonds. The molecule has 2 aliphatic heterocycles. The Labute approximate surface area is 188 Å². The fourth-order valence-electron chi connectivity index (χ4n) is 3.76. The molecule has 2 aliphatic rings. The first kappa shape index (κ1) is 21.2. The lowest BCUT2D eigenvalue weighted by Crippen LogP contribution is -2.49. The summed E-state index contributed by atoms with van der Waals surface area (Å²) >= 11 is 1.83. The summed E-state index contributed by atoms with van der Waals surface area (Å²) in [6, 6.07) is 13.1. The number of hydrogen-bond acceptors (Lipinski definition) is 4. The quantitative estimate of drug-likeness (QED) is 0.363. The number of para-hydroxylation sites is 1. The Morgan fingerprint density at radius 2 is 2.04 bits per heavy atom. The van der Waals surface area contributed by atoms with Crippen molar-refractivity contribution in [2.45, 2.75) is 38.3 Å². The van der Waals surface area contributed by atoms with Crippen LogP contribution < -0.4 is 20.3 Å². The zero-order chi connectivity index (χ0) is 18.5. The number of fused-ring (bicyclic) bond motifs is 1. The minimum atomic E-state index is 0. The highest BCUT2D eigenvalue weighted by Crippen LogP contribution is 2.28. The number of rotatable bonds is 5. The van der Waals surface area contributed by atoms with E-state index in [2.05, 4.69) is 52.1 Å². The zero-order valence-corrected chi connectivity index (χ0v) is 19.4. The predicted molar refractivity (Wildman–Crippen MR) is 129 cm³/mol. The lowest BCUT2D eigenvalue weighted by Gasteiger charge is -2.33. The van der Waals surface area contributed by atoms with Crippen molar-refractivity contribution in [2.24, 2.45) is 4.99 Å². The van der Waals surface area contributed by atoms with E-state index in [1.165, 1.54) is 10.6 Å². The molecule has 1 unspecified atom stereocenters. The Hall–Kier alpha value is -1.48. The summed E-state index contributed by atoms with van der Waals surface area (Å²) in [5.41, 5.74) is 1.29. The molecular weight excluding hydrogens is 483 g/mol. The van der Waals surface area contributed by atoms with Gasteiger partial charge in [-0.3, -0.25) is 0 Å². The van der Waals surface area contributed by atoms with Gasteiger partial charge in [0.1, 0.15) is 11.9 Å². The molecule has 152 valence electrons. The van der Waals surface area contributed by atoms with E-state index in [1.54, 1.807) is 0 Å². The van der Waals surface area contributed by atoms with Gasteiger partial charge in [0, 0.05) is 32.1 Å². The number of guanidine groups is 1. The molecule has 0 aliphatic carbocycles. The second-order valence-corrected chi connectivity index (χ2v) is 8.05. The number of thiophene rings is 1. The van der Waals surface area contributed by atoms with Crippen LogP contribution in [0.5, 0.6) is 5.75 Å². The average Bonchev–Trinajstić information content (AvgIpc) is 3.36. The van der Waals surface area contributed by atoms with Crippen molar-refractivity contribution in [2.75, 3.05) is 31.1 Å². The molecule has 1 saturated heterocycles. The average molecular weight is 512 g/mol. The van der Waals surface area contributed by atoms with Crippen molar-refractivity contribution in [1.82, 2.24) is 10.6 Å². The van der Waals surface area contributed by atoms with Gasteiger partial charge in [0.15, 0.2) is 5.96 Å². The van der Waals surface area contributed by atoms with Gasteiger partial charge in [0.2, 0.25) is 0 Å². The minimum Gasteiger partial charge on any atom is -0.488 e. The Morgan fingerprint density at radius 3 is 2.75 bits per heavy atom. The highest BCUT2D eigenvalue weighted by Gasteiger charge is 2.23. The topological polar surface area (TPSA) is 48.9 Å². The first-order chi connectivity index (χ1) is 13.3. The molecule has 0 bridgehead atoms. The largest absolute Gasteiger partial charge is 0.488 e. The molecule has 1 aromatic carbocycles. The van der Waals surface area contributed by atoms with Crippen LogP contribution in [0.3, 0.4) is 0 Å². The summed E-state index contributed by atoms with van der Waals surface area (Å²) in [5.74, 6) is 1.92. The Balaban J connectivity index is 0.00000225. The van der Waals surface area contributed by atoms with Crippen LogP contribution in [-0.4, -0.2) is 44.3 Å². The van der Waals surface area contributed by atoms with Crippen molar-refractivity contribution >= 4 is 46.3 Å². The molecule has 1 aromatic heterocycles. The molecule has 4 rings (SSSR count). The number of ether oxygens (including phenoxy) is 1. The van der Waals surface area contributed by atoms with Crippen molar-refractivity contribution in [3.8, 4) is 5.75 Å². The summed E-state index contributed by atoms with van der Waals surface area (Å²) in [6.45, 7) is 5.85. The first-order valence-corrected chi connectivity index (χ1v) is 10.8. The summed E-state index contributed by atoms with van der Waals surface area (Å²) in [7, 11) is 0. The third-order valence-corrected chi connectivity index (χ3v) is 6.09. The number of hydrogen-bond donors (Lipinski definition) is 2. The van der Waals surface area contributed by atoms with Gasteiger partial charge in [0.25, 0.3) is 0 Å². The maximum Gasteiger partial charge on any atom is 0.191 e. The smallest absolute Gasteiger partial charge is 0.191 e. The number of piperidine rings is 1. The third kappa shape index (κ3) is 5.31. The van der Waals surface area contributed by atoms with Crippen LogP contribution in [0.25, 0.3) is 0 Å². The van der Waals surface area contributed by atoms with Crippen molar-refractivity contribution < 1.29 is 4.74 Å². The molecule has 28 heavy (non-hydrogen) atoms. The first-order valence-electron chi connectivity index (χ1n) is 9.89. The molecule has 1 atom stereocenters. The van der Waals surface area contributed by atoms with Gasteiger partial charge in [-0.25, -0.2) is 4.99 Å². The lowest BCUT2D eigenvalue weighted by molar-refractivity contribution is 0.241. The van der Waals surface area contributed by atoms with Gasteiger partial charge in [-0.1, -0.05) is 18.2 Å². The molecule has 0 spiro atoms. The molecule has 2 aromatic rings. The summed E-state index contributed by atoms with van der Waals surface area (Å²) in [5, 5.41) is 10.5. The Kier molecular flexibility index (Phi) is 7.84. The zero-order valence-electron chi connectivity index (χ0n) is 16.3. The lowest BCUT2D eigenvalue weighted by atomic mass is 10.1. The second-order valence-electron chi connectivity index (χ2n) is 7.13. The maximum absolute atomic E-state index is 6.01. The molecule has 3 heterocycles. The van der Waals surface area contributed by atoms with E-state index in [4.69, 9.17) is 9.73 Å². The third-order valence-electron chi connectivity index (χ3n) is 5.16. The highest BCUT2D eigenvalue weighted by atomic mass is 127. The van der Waals surface area contributed by atoms with E-state index in [1.807, 2.05) is 23.5 Å². The van der Waals surface area contributed by atoms with Gasteiger partial charge in [0.05, 0.1) is 11.5 Å². The molecule has 2 N–H and O–H groups in total. The number of anilines is 1. The van der Waals surface area contributed by atoms with Gasteiger partial charge in [-0.05, 0) is 48.9 Å². The number of nitrogens with one attached hydrogen (secondary N) is 2. The molecule has 1 fully saturated rings. The second kappa shape index (κ2) is 10.3. The predicted octanol–water partition coefficient (Wildman–Crippen LogP) is 3.89. The Morgan fingerprint density at radius 1 is 1.21 bits per heavy atom. The number of aliphatic imine (C=N–C) groups is 1. The van der Waals surface area contributed by atoms with Gasteiger partial charge in [-0.15, -0.1) is 35.3 Å². The standard InChI is InChI=1S/C21H28N4OS.HI/c1-2-22-21(23-15-18-14-16-6-3-4-7-19(16)26-18)24-17-9-11-25(12-10-17)20-8-5-13-27-20;/h3-8,13,17-18H,2,9-12,14-15H2,1H3,(H2,22,23,24);1H. The van der Waals surface area contributed by atoms with E-state index >= 15 is 0 Å². The minimum absolute atomic E-state index is 0. The molecule has 0 saturated carbocycles. The number of benzene rings is 1. The summed E-state index contributed by atoms with van der Waals surface area (Å²) < 4.78 is 6.01. The fraction of sp³-hybridized carbons (Fsp3) is 0.476. The molecule has 0 radical (unpaired) electrons. The van der Waals surface area contributed by atoms with Crippen LogP contribution in [0.4, 0.5) is 5.00 Å². The van der Waals surface area contributed by atoms with Crippen LogP contribution in [0, 0.1) is 0 Å². The highest BCUT2D eigenvalue weighted by molar-refractivity contribution is 14.0. The SMILES string of the molecule is CCNC(=NCC1Cc2ccccc2O1)NC1CCN(c2cccs2)CC1.I. The van der Waals surface area contributed by atoms with Crippen molar-refractivity contribution in [3.63, 3.8) is 0 Å². The molecule has 7 heteroatoms. The van der Waals surface area contributed by atoms with Crippen LogP contribution in [0.15, 0.2) is 46.8 Å². The van der Waals surface area contributed by atoms with Crippen LogP contribution in [0.2, 0.25) is 0 Å². The maximum atomic E-state index is 6.01.